The zero-order valence-corrected chi connectivity index (χ0v) is 14.5. The van der Waals surface area contributed by atoms with Crippen molar-refractivity contribution >= 4 is 6.03 Å². The van der Waals surface area contributed by atoms with E-state index in [-0.39, 0.29) is 12.1 Å². The molecule has 1 aromatic carbocycles. The van der Waals surface area contributed by atoms with Crippen LogP contribution in [0.3, 0.4) is 0 Å². The third kappa shape index (κ3) is 5.75. The summed E-state index contributed by atoms with van der Waals surface area (Å²) in [6, 6.07) is 7.96. The number of nitrogens with zero attached hydrogens (tertiary/aromatic N) is 1. The first-order chi connectivity index (χ1) is 10.8. The van der Waals surface area contributed by atoms with Crippen molar-refractivity contribution in [2.24, 2.45) is 5.92 Å². The molecule has 2 N–H and O–H groups in total. The number of hydrogen-bond acceptors (Lipinski definition) is 3. The Kier molecular flexibility index (Phi) is 5.52. The van der Waals surface area contributed by atoms with Gasteiger partial charge in [-0.15, -0.1) is 0 Å². The van der Waals surface area contributed by atoms with E-state index in [1.54, 1.807) is 32.9 Å². The molecule has 0 spiro atoms. The number of carbonyl (C=O) groups excluding carboxylic acids is 1. The van der Waals surface area contributed by atoms with E-state index in [4.69, 9.17) is 4.74 Å². The van der Waals surface area contributed by atoms with Gasteiger partial charge in [0, 0.05) is 13.1 Å². The van der Waals surface area contributed by atoms with Crippen LogP contribution < -0.4 is 10.1 Å². The summed E-state index contributed by atoms with van der Waals surface area (Å²) in [6.07, 6.45) is 3.11. The lowest BCUT2D eigenvalue weighted by Crippen LogP contribution is -2.48. The molecular weight excluding hydrogens is 292 g/mol. The second kappa shape index (κ2) is 7.21. The van der Waals surface area contributed by atoms with E-state index >= 15 is 0 Å². The number of hydrogen-bond donors (Lipinski definition) is 2. The Morgan fingerprint density at radius 1 is 1.48 bits per heavy atom. The van der Waals surface area contributed by atoms with Crippen LogP contribution in [0.1, 0.15) is 32.3 Å². The molecule has 1 fully saturated rings. The van der Waals surface area contributed by atoms with Crippen LogP contribution in [0.2, 0.25) is 0 Å². The molecule has 128 valence electrons. The zero-order valence-electron chi connectivity index (χ0n) is 14.5. The number of methoxy groups -OCH3 is 1. The predicted octanol–water partition coefficient (Wildman–Crippen LogP) is 2.43. The normalized spacial score (nSPS) is 15.9. The van der Waals surface area contributed by atoms with Gasteiger partial charge in [-0.3, -0.25) is 0 Å². The molecule has 1 aliphatic rings. The Hall–Kier alpha value is -1.75. The van der Waals surface area contributed by atoms with Crippen LogP contribution >= 0.6 is 0 Å². The Morgan fingerprint density at radius 3 is 2.74 bits per heavy atom. The molecule has 5 heteroatoms. The highest BCUT2D eigenvalue weighted by Crippen LogP contribution is 2.34. The Bertz CT molecular complexity index is 535. The number of nitrogens with one attached hydrogen (secondary N) is 1. The first kappa shape index (κ1) is 17.6. The van der Waals surface area contributed by atoms with E-state index in [0.717, 1.165) is 30.6 Å². The third-order valence-corrected chi connectivity index (χ3v) is 4.06. The smallest absolute Gasteiger partial charge is 0.317 e. The summed E-state index contributed by atoms with van der Waals surface area (Å²) in [5, 5.41) is 13.0. The number of urea groups is 1. The van der Waals surface area contributed by atoms with E-state index < -0.39 is 5.60 Å². The standard InChI is InChI=1S/C18H28N2O3/c1-18(2,22)12-20(3)17(21)19-16(14-8-9-14)11-13-6-5-7-15(10-13)23-4/h5-7,10,14,16,22H,8-9,11-12H2,1-4H3,(H,19,21). The minimum atomic E-state index is -0.895. The summed E-state index contributed by atoms with van der Waals surface area (Å²) in [5.41, 5.74) is 0.264. The highest BCUT2D eigenvalue weighted by molar-refractivity contribution is 5.74. The number of rotatable bonds is 7. The molecule has 0 saturated heterocycles. The number of ether oxygens (including phenoxy) is 1. The summed E-state index contributed by atoms with van der Waals surface area (Å²) in [7, 11) is 3.37. The van der Waals surface area contributed by atoms with Crippen molar-refractivity contribution in [3.8, 4) is 5.75 Å². The predicted molar refractivity (Wildman–Crippen MR) is 90.7 cm³/mol. The van der Waals surface area contributed by atoms with Gasteiger partial charge in [0.15, 0.2) is 0 Å². The van der Waals surface area contributed by atoms with Crippen molar-refractivity contribution in [2.75, 3.05) is 20.7 Å². The molecule has 0 bridgehead atoms. The summed E-state index contributed by atoms with van der Waals surface area (Å²) in [4.78, 5) is 13.9. The van der Waals surface area contributed by atoms with E-state index in [9.17, 15) is 9.90 Å². The van der Waals surface area contributed by atoms with Crippen LogP contribution in [0.4, 0.5) is 4.79 Å². The summed E-state index contributed by atoms with van der Waals surface area (Å²) in [5.74, 6) is 1.38. The minimum Gasteiger partial charge on any atom is -0.497 e. The number of aliphatic hydroxyl groups is 1. The fourth-order valence-electron chi connectivity index (χ4n) is 2.81. The maximum Gasteiger partial charge on any atom is 0.317 e. The molecule has 2 rings (SSSR count). The lowest BCUT2D eigenvalue weighted by atomic mass is 10.0. The molecule has 1 aliphatic carbocycles. The van der Waals surface area contributed by atoms with Crippen LogP contribution in [0.25, 0.3) is 0 Å². The van der Waals surface area contributed by atoms with Crippen LogP contribution in [0, 0.1) is 5.92 Å². The van der Waals surface area contributed by atoms with Gasteiger partial charge in [-0.05, 0) is 56.7 Å². The molecule has 5 nitrogen and oxygen atoms in total. The van der Waals surface area contributed by atoms with Gasteiger partial charge in [0.1, 0.15) is 5.75 Å². The Balaban J connectivity index is 1.97. The van der Waals surface area contributed by atoms with Gasteiger partial charge in [0.25, 0.3) is 0 Å². The Morgan fingerprint density at radius 2 is 2.17 bits per heavy atom. The number of benzene rings is 1. The average molecular weight is 320 g/mol. The highest BCUT2D eigenvalue weighted by Gasteiger charge is 2.33. The molecule has 1 unspecified atom stereocenters. The van der Waals surface area contributed by atoms with Gasteiger partial charge in [0.2, 0.25) is 0 Å². The van der Waals surface area contributed by atoms with Gasteiger partial charge in [-0.1, -0.05) is 12.1 Å². The first-order valence-corrected chi connectivity index (χ1v) is 8.15. The fourth-order valence-corrected chi connectivity index (χ4v) is 2.81. The van der Waals surface area contributed by atoms with Crippen molar-refractivity contribution in [3.63, 3.8) is 0 Å². The van der Waals surface area contributed by atoms with E-state index in [2.05, 4.69) is 11.4 Å². The van der Waals surface area contributed by atoms with Crippen LogP contribution in [0.15, 0.2) is 24.3 Å². The molecule has 0 heterocycles. The minimum absolute atomic E-state index is 0.124. The third-order valence-electron chi connectivity index (χ3n) is 4.06. The number of likely N-dealkylation sites (N-methyl/N-ethyl adjacent to an activating group) is 1. The molecule has 0 aliphatic heterocycles. The Labute approximate surface area is 138 Å². The molecule has 1 atom stereocenters. The van der Waals surface area contributed by atoms with Gasteiger partial charge < -0.3 is 20.1 Å². The second-order valence-corrected chi connectivity index (χ2v) is 7.12. The van der Waals surface area contributed by atoms with Crippen molar-refractivity contribution in [2.45, 2.75) is 44.8 Å². The molecule has 2 amide bonds. The zero-order chi connectivity index (χ0) is 17.0. The van der Waals surface area contributed by atoms with Gasteiger partial charge in [-0.25, -0.2) is 4.79 Å². The van der Waals surface area contributed by atoms with E-state index in [1.807, 2.05) is 18.2 Å². The summed E-state index contributed by atoms with van der Waals surface area (Å²) >= 11 is 0. The van der Waals surface area contributed by atoms with Crippen molar-refractivity contribution < 1.29 is 14.6 Å². The summed E-state index contributed by atoms with van der Waals surface area (Å²) in [6.45, 7) is 3.70. The SMILES string of the molecule is COc1cccc(CC(NC(=O)N(C)CC(C)(C)O)C2CC2)c1. The lowest BCUT2D eigenvalue weighted by Gasteiger charge is -2.28. The van der Waals surface area contributed by atoms with Crippen molar-refractivity contribution in [1.29, 1.82) is 0 Å². The molecule has 0 radical (unpaired) electrons. The number of carbonyl (C=O) groups is 1. The fraction of sp³-hybridized carbons (Fsp3) is 0.611. The van der Waals surface area contributed by atoms with E-state index in [0.29, 0.717) is 12.5 Å². The van der Waals surface area contributed by atoms with Gasteiger partial charge in [0.05, 0.1) is 19.3 Å². The summed E-state index contributed by atoms with van der Waals surface area (Å²) < 4.78 is 5.26. The van der Waals surface area contributed by atoms with Gasteiger partial charge in [-0.2, -0.15) is 0 Å². The van der Waals surface area contributed by atoms with E-state index in [1.165, 1.54) is 0 Å². The van der Waals surface area contributed by atoms with Crippen LogP contribution in [-0.2, 0) is 6.42 Å². The first-order valence-electron chi connectivity index (χ1n) is 8.15. The van der Waals surface area contributed by atoms with Gasteiger partial charge >= 0.3 is 6.03 Å². The second-order valence-electron chi connectivity index (χ2n) is 7.12. The average Bonchev–Trinajstić information content (AvgIpc) is 3.29. The highest BCUT2D eigenvalue weighted by atomic mass is 16.5. The monoisotopic (exact) mass is 320 g/mol. The quantitative estimate of drug-likeness (QED) is 0.811. The molecule has 0 aromatic heterocycles. The maximum atomic E-state index is 12.4. The lowest BCUT2D eigenvalue weighted by molar-refractivity contribution is 0.0526. The largest absolute Gasteiger partial charge is 0.497 e. The molecular formula is C18H28N2O3. The van der Waals surface area contributed by atoms with Crippen LogP contribution in [0.5, 0.6) is 5.75 Å². The van der Waals surface area contributed by atoms with Crippen molar-refractivity contribution in [1.82, 2.24) is 10.2 Å². The number of amides is 2. The maximum absolute atomic E-state index is 12.4. The topological polar surface area (TPSA) is 61.8 Å². The molecule has 1 saturated carbocycles. The van der Waals surface area contributed by atoms with Crippen LogP contribution in [-0.4, -0.2) is 48.4 Å². The van der Waals surface area contributed by atoms with Crippen molar-refractivity contribution in [3.05, 3.63) is 29.8 Å². The molecule has 1 aromatic rings. The molecule has 23 heavy (non-hydrogen) atoms.